The van der Waals surface area contributed by atoms with E-state index in [1.165, 1.54) is 4.90 Å². The lowest BCUT2D eigenvalue weighted by Gasteiger charge is -2.41. The standard InChI is InChI=1S/C26H29N7O3S/c1-16(2)33-14-19(15-33)30-37(35,36)20-8-6-7-18(12-20)28-26-27-13-23-24(29-26)31(4)22-10-9-17(3)11-21(22)25(34)32(23)5/h6-13,19,30H,1,14-15H2,2-5H3,(H,27,28,29). The molecule has 0 radical (unpaired) electrons. The highest BCUT2D eigenvalue weighted by Crippen LogP contribution is 2.38. The van der Waals surface area contributed by atoms with Crippen molar-refractivity contribution in [2.45, 2.75) is 24.8 Å². The Hall–Kier alpha value is -3.96. The molecule has 3 aromatic rings. The zero-order valence-electron chi connectivity index (χ0n) is 21.2. The van der Waals surface area contributed by atoms with Gasteiger partial charge in [0.2, 0.25) is 16.0 Å². The summed E-state index contributed by atoms with van der Waals surface area (Å²) in [5.74, 6) is 0.686. The number of allylic oxidation sites excluding steroid dienone is 1. The number of aromatic nitrogens is 2. The van der Waals surface area contributed by atoms with Crippen LogP contribution in [0.3, 0.4) is 0 Å². The predicted molar refractivity (Wildman–Crippen MR) is 144 cm³/mol. The third-order valence-electron chi connectivity index (χ3n) is 6.62. The van der Waals surface area contributed by atoms with Gasteiger partial charge in [-0.15, -0.1) is 0 Å². The second kappa shape index (κ2) is 9.16. The molecule has 2 aliphatic rings. The van der Waals surface area contributed by atoms with Crippen molar-refractivity contribution in [1.29, 1.82) is 0 Å². The molecule has 0 unspecified atom stereocenters. The van der Waals surface area contributed by atoms with Crippen molar-refractivity contribution in [3.63, 3.8) is 0 Å². The number of anilines is 5. The lowest BCUT2D eigenvalue weighted by molar-refractivity contribution is 0.0994. The van der Waals surface area contributed by atoms with E-state index in [1.54, 1.807) is 37.5 Å². The van der Waals surface area contributed by atoms with Gasteiger partial charge in [0, 0.05) is 38.6 Å². The van der Waals surface area contributed by atoms with Crippen LogP contribution in [-0.2, 0) is 10.0 Å². The summed E-state index contributed by atoms with van der Waals surface area (Å²) in [5, 5.41) is 3.11. The van der Waals surface area contributed by atoms with Crippen LogP contribution in [0.15, 0.2) is 65.8 Å². The molecule has 192 valence electrons. The van der Waals surface area contributed by atoms with Gasteiger partial charge in [0.25, 0.3) is 5.91 Å². The first-order chi connectivity index (χ1) is 17.5. The average Bonchev–Trinajstić information content (AvgIpc) is 2.91. The summed E-state index contributed by atoms with van der Waals surface area (Å²) in [7, 11) is -0.154. The van der Waals surface area contributed by atoms with Crippen LogP contribution >= 0.6 is 0 Å². The summed E-state index contributed by atoms with van der Waals surface area (Å²) in [4.78, 5) is 27.7. The fraction of sp³-hybridized carbons (Fsp3) is 0.269. The number of nitrogens with one attached hydrogen (secondary N) is 2. The summed E-state index contributed by atoms with van der Waals surface area (Å²) in [6, 6.07) is 12.1. The van der Waals surface area contributed by atoms with Crippen molar-refractivity contribution in [2.24, 2.45) is 0 Å². The quantitative estimate of drug-likeness (QED) is 0.510. The summed E-state index contributed by atoms with van der Waals surface area (Å²) < 4.78 is 28.6. The summed E-state index contributed by atoms with van der Waals surface area (Å²) in [6.45, 7) is 8.93. The molecule has 0 bridgehead atoms. The van der Waals surface area contributed by atoms with Crippen LogP contribution in [0, 0.1) is 6.92 Å². The van der Waals surface area contributed by atoms with Crippen LogP contribution in [0.1, 0.15) is 22.8 Å². The van der Waals surface area contributed by atoms with Gasteiger partial charge in [-0.05, 0) is 44.2 Å². The number of hydrogen-bond acceptors (Lipinski definition) is 8. The van der Waals surface area contributed by atoms with Crippen molar-refractivity contribution >= 4 is 44.8 Å². The number of amides is 1. The number of hydrogen-bond donors (Lipinski definition) is 2. The number of sulfonamides is 1. The van der Waals surface area contributed by atoms with Crippen molar-refractivity contribution in [3.8, 4) is 0 Å². The molecule has 1 saturated heterocycles. The van der Waals surface area contributed by atoms with Gasteiger partial charge < -0.3 is 20.0 Å². The van der Waals surface area contributed by atoms with Crippen molar-refractivity contribution in [1.82, 2.24) is 19.6 Å². The Morgan fingerprint density at radius 1 is 1.08 bits per heavy atom. The minimum Gasteiger partial charge on any atom is -0.372 e. The minimum absolute atomic E-state index is 0.142. The maximum atomic E-state index is 13.1. The maximum Gasteiger partial charge on any atom is 0.260 e. The molecule has 0 aliphatic carbocycles. The van der Waals surface area contributed by atoms with Gasteiger partial charge in [0.1, 0.15) is 5.69 Å². The van der Waals surface area contributed by atoms with E-state index in [9.17, 15) is 13.2 Å². The lowest BCUT2D eigenvalue weighted by Crippen LogP contribution is -2.58. The molecule has 0 saturated carbocycles. The monoisotopic (exact) mass is 519 g/mol. The zero-order chi connectivity index (χ0) is 26.5. The van der Waals surface area contributed by atoms with Gasteiger partial charge in [-0.1, -0.05) is 24.3 Å². The number of rotatable bonds is 6. The van der Waals surface area contributed by atoms with Crippen LogP contribution < -0.4 is 19.8 Å². The third-order valence-corrected chi connectivity index (χ3v) is 8.14. The Morgan fingerprint density at radius 2 is 1.84 bits per heavy atom. The lowest BCUT2D eigenvalue weighted by atomic mass is 10.1. The first kappa shape index (κ1) is 24.7. The Labute approximate surface area is 216 Å². The molecule has 2 aliphatic heterocycles. The molecule has 2 N–H and O–H groups in total. The number of aryl methyl sites for hydroxylation is 1. The Balaban J connectivity index is 1.40. The second-order valence-corrected chi connectivity index (χ2v) is 11.2. The molecule has 11 heteroatoms. The molecular formula is C26H29N7O3S. The molecule has 3 heterocycles. The summed E-state index contributed by atoms with van der Waals surface area (Å²) in [5.41, 5.74) is 4.32. The van der Waals surface area contributed by atoms with Crippen LogP contribution in [0.4, 0.5) is 28.8 Å². The first-order valence-electron chi connectivity index (χ1n) is 11.8. The molecule has 1 aromatic heterocycles. The third kappa shape index (κ3) is 4.63. The number of benzene rings is 2. The van der Waals surface area contributed by atoms with Crippen LogP contribution in [-0.4, -0.2) is 62.4 Å². The molecule has 2 aromatic carbocycles. The largest absolute Gasteiger partial charge is 0.372 e. The van der Waals surface area contributed by atoms with Crippen molar-refractivity contribution < 1.29 is 13.2 Å². The van der Waals surface area contributed by atoms with E-state index >= 15 is 0 Å². The smallest absolute Gasteiger partial charge is 0.260 e. The maximum absolute atomic E-state index is 13.1. The molecule has 1 fully saturated rings. The predicted octanol–water partition coefficient (Wildman–Crippen LogP) is 3.38. The van der Waals surface area contributed by atoms with Gasteiger partial charge in [0.05, 0.1) is 28.4 Å². The normalized spacial score (nSPS) is 15.6. The topological polar surface area (TPSA) is 111 Å². The highest BCUT2D eigenvalue weighted by Gasteiger charge is 2.31. The van der Waals surface area contributed by atoms with E-state index in [0.717, 1.165) is 16.9 Å². The van der Waals surface area contributed by atoms with E-state index in [1.807, 2.05) is 48.9 Å². The van der Waals surface area contributed by atoms with E-state index in [2.05, 4.69) is 26.6 Å². The summed E-state index contributed by atoms with van der Waals surface area (Å²) >= 11 is 0. The highest BCUT2D eigenvalue weighted by atomic mass is 32.2. The fourth-order valence-electron chi connectivity index (χ4n) is 4.45. The number of fused-ring (bicyclic) bond motifs is 2. The molecular weight excluding hydrogens is 490 g/mol. The van der Waals surface area contributed by atoms with Crippen LogP contribution in [0.25, 0.3) is 0 Å². The average molecular weight is 520 g/mol. The van der Waals surface area contributed by atoms with Crippen LogP contribution in [0.5, 0.6) is 0 Å². The van der Waals surface area contributed by atoms with E-state index < -0.39 is 10.0 Å². The van der Waals surface area contributed by atoms with E-state index in [0.29, 0.717) is 35.8 Å². The number of nitrogens with zero attached hydrogens (tertiary/aromatic N) is 5. The second-order valence-electron chi connectivity index (χ2n) is 9.46. The molecule has 37 heavy (non-hydrogen) atoms. The molecule has 5 rings (SSSR count). The number of carbonyl (C=O) groups excluding carboxylic acids is 1. The first-order valence-corrected chi connectivity index (χ1v) is 13.3. The molecule has 0 spiro atoms. The van der Waals surface area contributed by atoms with Crippen LogP contribution in [0.2, 0.25) is 0 Å². The zero-order valence-corrected chi connectivity index (χ0v) is 22.0. The minimum atomic E-state index is -3.70. The molecule has 0 atom stereocenters. The molecule has 10 nitrogen and oxygen atoms in total. The van der Waals surface area contributed by atoms with Crippen molar-refractivity contribution in [2.75, 3.05) is 42.3 Å². The number of likely N-dealkylation sites (tertiary alicyclic amines) is 1. The van der Waals surface area contributed by atoms with Gasteiger partial charge in [-0.25, -0.2) is 18.1 Å². The van der Waals surface area contributed by atoms with Crippen molar-refractivity contribution in [3.05, 3.63) is 72.1 Å². The Morgan fingerprint density at radius 3 is 2.57 bits per heavy atom. The Bertz CT molecular complexity index is 1520. The van der Waals surface area contributed by atoms with Gasteiger partial charge >= 0.3 is 0 Å². The van der Waals surface area contributed by atoms with Gasteiger partial charge in [-0.3, -0.25) is 4.79 Å². The fourth-order valence-corrected chi connectivity index (χ4v) is 5.71. The Kier molecular flexibility index (Phi) is 6.12. The van der Waals surface area contributed by atoms with E-state index in [-0.39, 0.29) is 22.8 Å². The number of carbonyl (C=O) groups is 1. The van der Waals surface area contributed by atoms with Gasteiger partial charge in [0.15, 0.2) is 5.82 Å². The van der Waals surface area contributed by atoms with E-state index in [4.69, 9.17) is 0 Å². The van der Waals surface area contributed by atoms with Gasteiger partial charge in [-0.2, -0.15) is 4.98 Å². The SMILES string of the molecule is C=C(C)N1CC(NS(=O)(=O)c2cccc(Nc3ncc4c(n3)N(C)c3ccc(C)cc3C(=O)N4C)c2)C1. The molecule has 1 amide bonds. The highest BCUT2D eigenvalue weighted by molar-refractivity contribution is 7.89. The summed E-state index contributed by atoms with van der Waals surface area (Å²) in [6.07, 6.45) is 1.59.